The van der Waals surface area contributed by atoms with Crippen LogP contribution in [0.3, 0.4) is 0 Å². The number of aromatic hydroxyl groups is 2. The quantitative estimate of drug-likeness (QED) is 0.275. The van der Waals surface area contributed by atoms with Crippen LogP contribution in [0.15, 0.2) is 18.2 Å². The Balaban J connectivity index is 1.69. The zero-order valence-corrected chi connectivity index (χ0v) is 21.1. The molecule has 2 aliphatic carbocycles. The number of carbonyl (C=O) groups is 4. The lowest BCUT2D eigenvalue weighted by Gasteiger charge is -2.41. The maximum atomic E-state index is 13.6. The van der Waals surface area contributed by atoms with Gasteiger partial charge in [-0.05, 0) is 13.0 Å². The van der Waals surface area contributed by atoms with Gasteiger partial charge in [-0.25, -0.2) is 0 Å². The molecule has 1 fully saturated rings. The topological polar surface area (TPSA) is 203 Å². The van der Waals surface area contributed by atoms with Crippen LogP contribution in [0.25, 0.3) is 0 Å². The van der Waals surface area contributed by atoms with Crippen LogP contribution in [-0.4, -0.2) is 81.3 Å². The van der Waals surface area contributed by atoms with Crippen molar-refractivity contribution in [1.29, 1.82) is 0 Å². The Kier molecular flexibility index (Phi) is 6.56. The van der Waals surface area contributed by atoms with Gasteiger partial charge in [0, 0.05) is 36.0 Å². The van der Waals surface area contributed by atoms with Gasteiger partial charge in [-0.15, -0.1) is 0 Å². The molecule has 1 saturated heterocycles. The molecule has 0 spiro atoms. The average Bonchev–Trinajstić information content (AvgIpc) is 2.90. The summed E-state index contributed by atoms with van der Waals surface area (Å²) in [5, 5.41) is 43.5. The normalized spacial score (nSPS) is 28.0. The minimum absolute atomic E-state index is 0.0601. The van der Waals surface area contributed by atoms with Crippen LogP contribution >= 0.6 is 0 Å². The van der Waals surface area contributed by atoms with Crippen LogP contribution < -0.4 is 10.5 Å². The van der Waals surface area contributed by atoms with Gasteiger partial charge in [0.25, 0.3) is 0 Å². The Hall–Kier alpha value is -3.68. The van der Waals surface area contributed by atoms with Gasteiger partial charge in [-0.3, -0.25) is 19.2 Å². The second kappa shape index (κ2) is 9.50. The second-order valence-electron chi connectivity index (χ2n) is 9.95. The summed E-state index contributed by atoms with van der Waals surface area (Å²) in [6, 6.07) is 3.42. The first kappa shape index (κ1) is 26.9. The summed E-state index contributed by atoms with van der Waals surface area (Å²) in [5.74, 6) is -4.20. The Morgan fingerprint density at radius 3 is 2.46 bits per heavy atom. The molecule has 0 aromatic heterocycles. The highest BCUT2D eigenvalue weighted by molar-refractivity contribution is 6.31. The highest BCUT2D eigenvalue weighted by Gasteiger charge is 2.50. The summed E-state index contributed by atoms with van der Waals surface area (Å²) >= 11 is 0. The van der Waals surface area contributed by atoms with Crippen molar-refractivity contribution >= 4 is 23.1 Å². The molecule has 12 nitrogen and oxygen atoms in total. The molecule has 6 N–H and O–H groups in total. The minimum Gasteiger partial charge on any atom is -0.507 e. The predicted octanol–water partition coefficient (Wildman–Crippen LogP) is 0.209. The molecule has 0 bridgehead atoms. The van der Waals surface area contributed by atoms with E-state index in [0.717, 1.165) is 0 Å². The molecule has 1 aliphatic heterocycles. The standard InChI is InChI=1S/C27H27NO11/c1-10-22(31)13(28)6-17(38-10)39-15-8-27(36,16(30)9-29)7-12-19(15)26(35)21-20(24(12)33)23(32)11-4-3-5-14(37-2)18(11)25(21)34/h3-5,10,13,15,17,29,33,35-36H,6-9,28H2,1-2H3. The summed E-state index contributed by atoms with van der Waals surface area (Å²) in [6.07, 6.45) is -4.57. The van der Waals surface area contributed by atoms with Gasteiger partial charge < -0.3 is 40.4 Å². The van der Waals surface area contributed by atoms with Gasteiger partial charge in [0.05, 0.1) is 35.9 Å². The molecular weight excluding hydrogens is 514 g/mol. The van der Waals surface area contributed by atoms with E-state index < -0.39 is 89.6 Å². The summed E-state index contributed by atoms with van der Waals surface area (Å²) in [6.45, 7) is 0.449. The summed E-state index contributed by atoms with van der Waals surface area (Å²) in [4.78, 5) is 51.8. The monoisotopic (exact) mass is 541 g/mol. The van der Waals surface area contributed by atoms with Crippen LogP contribution in [0.5, 0.6) is 17.2 Å². The molecule has 1 heterocycles. The van der Waals surface area contributed by atoms with E-state index in [1.165, 1.54) is 32.2 Å². The number of methoxy groups -OCH3 is 1. The van der Waals surface area contributed by atoms with Crippen LogP contribution in [-0.2, 0) is 25.5 Å². The fraction of sp³-hybridized carbons (Fsp3) is 0.407. The fourth-order valence-corrected chi connectivity index (χ4v) is 5.64. The van der Waals surface area contributed by atoms with Crippen LogP contribution in [0.4, 0.5) is 0 Å². The lowest BCUT2D eigenvalue weighted by atomic mass is 9.72. The van der Waals surface area contributed by atoms with Gasteiger partial charge in [0.2, 0.25) is 5.78 Å². The molecule has 2 aromatic rings. The first-order chi connectivity index (χ1) is 18.4. The lowest BCUT2D eigenvalue weighted by Crippen LogP contribution is -2.51. The molecule has 5 atom stereocenters. The molecule has 0 radical (unpaired) electrons. The Labute approximate surface area is 221 Å². The van der Waals surface area contributed by atoms with Gasteiger partial charge in [0.15, 0.2) is 23.6 Å². The number of aliphatic hydroxyl groups is 2. The molecule has 12 heteroatoms. The number of nitrogens with two attached hydrogens (primary N) is 1. The van der Waals surface area contributed by atoms with E-state index in [4.69, 9.17) is 19.9 Å². The number of ketones is 4. The van der Waals surface area contributed by atoms with Crippen molar-refractivity contribution in [1.82, 2.24) is 0 Å². The zero-order chi connectivity index (χ0) is 28.4. The molecular formula is C27H27NO11. The van der Waals surface area contributed by atoms with Crippen molar-refractivity contribution in [2.45, 2.75) is 56.3 Å². The molecule has 0 amide bonds. The van der Waals surface area contributed by atoms with Crippen LogP contribution in [0.1, 0.15) is 68.8 Å². The number of phenols is 2. The van der Waals surface area contributed by atoms with Crippen molar-refractivity contribution in [2.75, 3.05) is 13.7 Å². The van der Waals surface area contributed by atoms with Crippen LogP contribution in [0, 0.1) is 0 Å². The lowest BCUT2D eigenvalue weighted by molar-refractivity contribution is -0.221. The Morgan fingerprint density at radius 1 is 1.13 bits per heavy atom. The number of fused-ring (bicyclic) bond motifs is 3. The third-order valence-corrected chi connectivity index (χ3v) is 7.62. The molecule has 39 heavy (non-hydrogen) atoms. The van der Waals surface area contributed by atoms with Crippen molar-refractivity contribution in [3.8, 4) is 17.2 Å². The first-order valence-corrected chi connectivity index (χ1v) is 12.3. The molecule has 5 unspecified atom stereocenters. The molecule has 0 saturated carbocycles. The number of Topliss-reactive ketones (excluding diaryl/α,β-unsaturated/α-hetero) is 2. The Morgan fingerprint density at radius 2 is 1.82 bits per heavy atom. The maximum absolute atomic E-state index is 13.6. The molecule has 3 aliphatic rings. The number of phenolic OH excluding ortho intramolecular Hbond substituents is 2. The Bertz CT molecular complexity index is 1420. The summed E-state index contributed by atoms with van der Waals surface area (Å²) < 4.78 is 16.8. The van der Waals surface area contributed by atoms with Crippen molar-refractivity contribution in [3.05, 3.63) is 51.6 Å². The summed E-state index contributed by atoms with van der Waals surface area (Å²) in [7, 11) is 1.32. The number of carbonyl (C=O) groups excluding carboxylic acids is 4. The van der Waals surface area contributed by atoms with Gasteiger partial charge >= 0.3 is 0 Å². The number of hydrogen-bond acceptors (Lipinski definition) is 12. The molecule has 206 valence electrons. The van der Waals surface area contributed by atoms with Gasteiger partial charge in [-0.2, -0.15) is 0 Å². The van der Waals surface area contributed by atoms with E-state index in [9.17, 15) is 39.6 Å². The highest BCUT2D eigenvalue weighted by Crippen LogP contribution is 2.52. The zero-order valence-electron chi connectivity index (χ0n) is 21.1. The van der Waals surface area contributed by atoms with E-state index in [2.05, 4.69) is 0 Å². The van der Waals surface area contributed by atoms with Crippen molar-refractivity contribution < 1.29 is 53.8 Å². The average molecular weight is 542 g/mol. The van der Waals surface area contributed by atoms with E-state index >= 15 is 0 Å². The largest absolute Gasteiger partial charge is 0.507 e. The number of rotatable bonds is 5. The SMILES string of the molecule is COc1cccc2c1C(=O)c1c(O)c3c(c(O)c1C2=O)CC(O)(C(=O)CO)CC3OC1CC(N)C(=O)C(C)O1. The van der Waals surface area contributed by atoms with Gasteiger partial charge in [-0.1, -0.05) is 12.1 Å². The fourth-order valence-electron chi connectivity index (χ4n) is 5.64. The first-order valence-electron chi connectivity index (χ1n) is 12.3. The predicted molar refractivity (Wildman–Crippen MR) is 131 cm³/mol. The van der Waals surface area contributed by atoms with Crippen molar-refractivity contribution in [3.63, 3.8) is 0 Å². The third-order valence-electron chi connectivity index (χ3n) is 7.62. The minimum atomic E-state index is -2.26. The number of hydrogen-bond donors (Lipinski definition) is 5. The van der Waals surface area contributed by atoms with Crippen LogP contribution in [0.2, 0.25) is 0 Å². The smallest absolute Gasteiger partial charge is 0.202 e. The number of ether oxygens (including phenoxy) is 3. The molecule has 5 rings (SSSR count). The third kappa shape index (κ3) is 4.03. The molecule has 2 aromatic carbocycles. The van der Waals surface area contributed by atoms with E-state index in [1.807, 2.05) is 0 Å². The van der Waals surface area contributed by atoms with E-state index in [-0.39, 0.29) is 40.2 Å². The second-order valence-corrected chi connectivity index (χ2v) is 9.95. The highest BCUT2D eigenvalue weighted by atomic mass is 16.7. The maximum Gasteiger partial charge on any atom is 0.202 e. The van der Waals surface area contributed by atoms with Gasteiger partial charge in [0.1, 0.15) is 35.6 Å². The number of aliphatic hydroxyl groups excluding tert-OH is 1. The van der Waals surface area contributed by atoms with E-state index in [0.29, 0.717) is 0 Å². The van der Waals surface area contributed by atoms with Crippen molar-refractivity contribution in [2.24, 2.45) is 5.73 Å². The number of benzene rings is 2. The summed E-state index contributed by atoms with van der Waals surface area (Å²) in [5.41, 5.74) is 2.17. The van der Waals surface area contributed by atoms with E-state index in [1.54, 1.807) is 0 Å².